The maximum absolute atomic E-state index is 13.1. The standard InChI is InChI=1S/C26H26N6O3/c33-22(11-17-5-9-30-10-6-27-23(30)12-17)19-4-1-3-18(13-19)20-14-21-25(28-15-20)29-26(35)32(21)16-24(34)31-7-2-8-31/h1,3-4,6,10,13-15,17H,2,5,7-9,11-12,16H2,(H,28,29,35). The molecular weight excluding hydrogens is 444 g/mol. The second-order valence-electron chi connectivity index (χ2n) is 9.45. The minimum Gasteiger partial charge on any atom is -0.341 e. The van der Waals surface area contributed by atoms with Crippen LogP contribution < -0.4 is 5.69 Å². The number of amides is 1. The van der Waals surface area contributed by atoms with E-state index in [-0.39, 0.29) is 29.8 Å². The van der Waals surface area contributed by atoms with Crippen LogP contribution in [-0.2, 0) is 24.3 Å². The lowest BCUT2D eigenvalue weighted by Gasteiger charge is -2.30. The number of aryl methyl sites for hydroxylation is 1. The smallest absolute Gasteiger partial charge is 0.328 e. The molecule has 3 aromatic heterocycles. The van der Waals surface area contributed by atoms with Crippen LogP contribution in [0.25, 0.3) is 22.3 Å². The molecule has 35 heavy (non-hydrogen) atoms. The Morgan fingerprint density at radius 2 is 1.97 bits per heavy atom. The number of imidazole rings is 2. The third kappa shape index (κ3) is 4.07. The Morgan fingerprint density at radius 1 is 1.09 bits per heavy atom. The molecule has 5 heterocycles. The number of hydrogen-bond donors (Lipinski definition) is 1. The maximum Gasteiger partial charge on any atom is 0.328 e. The van der Waals surface area contributed by atoms with Crippen LogP contribution in [0.1, 0.15) is 35.4 Å². The number of benzene rings is 1. The van der Waals surface area contributed by atoms with Crippen LogP contribution in [0.4, 0.5) is 0 Å². The predicted molar refractivity (Wildman–Crippen MR) is 130 cm³/mol. The summed E-state index contributed by atoms with van der Waals surface area (Å²) in [5.74, 6) is 1.39. The number of hydrogen-bond acceptors (Lipinski definition) is 5. The van der Waals surface area contributed by atoms with E-state index in [0.29, 0.717) is 23.1 Å². The van der Waals surface area contributed by atoms with Crippen LogP contribution in [0, 0.1) is 5.92 Å². The zero-order chi connectivity index (χ0) is 23.9. The van der Waals surface area contributed by atoms with Gasteiger partial charge in [0.1, 0.15) is 12.4 Å². The molecule has 0 spiro atoms. The van der Waals surface area contributed by atoms with Gasteiger partial charge in [0.15, 0.2) is 11.4 Å². The van der Waals surface area contributed by atoms with Crippen molar-refractivity contribution in [3.8, 4) is 11.1 Å². The topological polar surface area (TPSA) is 106 Å². The Balaban J connectivity index is 1.24. The Morgan fingerprint density at radius 3 is 2.80 bits per heavy atom. The highest BCUT2D eigenvalue weighted by molar-refractivity contribution is 5.97. The molecule has 1 N–H and O–H groups in total. The van der Waals surface area contributed by atoms with E-state index in [1.165, 1.54) is 4.57 Å². The average Bonchev–Trinajstić information content (AvgIpc) is 3.41. The van der Waals surface area contributed by atoms with Gasteiger partial charge in [0, 0.05) is 62.2 Å². The summed E-state index contributed by atoms with van der Waals surface area (Å²) in [5.41, 5.74) is 2.97. The van der Waals surface area contributed by atoms with Crippen molar-refractivity contribution in [2.75, 3.05) is 13.1 Å². The Bertz CT molecular complexity index is 1490. The molecule has 1 unspecified atom stereocenters. The Hall–Kier alpha value is -4.01. The second kappa shape index (κ2) is 8.65. The number of pyridine rings is 1. The monoisotopic (exact) mass is 470 g/mol. The lowest BCUT2D eigenvalue weighted by molar-refractivity contribution is -0.135. The first-order valence-corrected chi connectivity index (χ1v) is 12.0. The summed E-state index contributed by atoms with van der Waals surface area (Å²) >= 11 is 0. The van der Waals surface area contributed by atoms with Crippen molar-refractivity contribution in [3.05, 3.63) is 70.8 Å². The normalized spacial score (nSPS) is 17.3. The van der Waals surface area contributed by atoms with Gasteiger partial charge in [0.05, 0.1) is 5.52 Å². The molecule has 0 radical (unpaired) electrons. The zero-order valence-electron chi connectivity index (χ0n) is 19.3. The van der Waals surface area contributed by atoms with Gasteiger partial charge in [-0.3, -0.25) is 19.1 Å². The fourth-order valence-electron chi connectivity index (χ4n) is 4.99. The predicted octanol–water partition coefficient (Wildman–Crippen LogP) is 2.66. The number of Topliss-reactive ketones (excluding diaryl/α,β-unsaturated/α-hetero) is 1. The van der Waals surface area contributed by atoms with Crippen LogP contribution in [0.15, 0.2) is 53.7 Å². The molecule has 0 saturated carbocycles. The second-order valence-corrected chi connectivity index (χ2v) is 9.45. The number of nitrogens with zero attached hydrogens (tertiary/aromatic N) is 5. The van der Waals surface area contributed by atoms with Crippen molar-refractivity contribution in [1.29, 1.82) is 0 Å². The largest absolute Gasteiger partial charge is 0.341 e. The van der Waals surface area contributed by atoms with Gasteiger partial charge < -0.3 is 9.47 Å². The molecule has 2 aliphatic rings. The number of aromatic nitrogens is 5. The highest BCUT2D eigenvalue weighted by atomic mass is 16.2. The summed E-state index contributed by atoms with van der Waals surface area (Å²) in [6.45, 7) is 2.37. The van der Waals surface area contributed by atoms with E-state index in [1.54, 1.807) is 11.1 Å². The molecule has 178 valence electrons. The van der Waals surface area contributed by atoms with Crippen molar-refractivity contribution >= 4 is 22.9 Å². The molecular formula is C26H26N6O3. The fourth-order valence-corrected chi connectivity index (χ4v) is 4.99. The molecule has 1 amide bonds. The number of rotatable bonds is 6. The molecule has 0 aliphatic carbocycles. The Kier molecular flexibility index (Phi) is 5.32. The summed E-state index contributed by atoms with van der Waals surface area (Å²) in [5, 5.41) is 0. The molecule has 4 aromatic rings. The van der Waals surface area contributed by atoms with Gasteiger partial charge in [-0.1, -0.05) is 18.2 Å². The van der Waals surface area contributed by atoms with Gasteiger partial charge in [-0.25, -0.2) is 14.8 Å². The van der Waals surface area contributed by atoms with E-state index in [4.69, 9.17) is 0 Å². The summed E-state index contributed by atoms with van der Waals surface area (Å²) in [6, 6.07) is 9.39. The van der Waals surface area contributed by atoms with E-state index < -0.39 is 0 Å². The molecule has 1 saturated heterocycles. The summed E-state index contributed by atoms with van der Waals surface area (Å²) < 4.78 is 3.59. The quantitative estimate of drug-likeness (QED) is 0.436. The maximum atomic E-state index is 13.1. The van der Waals surface area contributed by atoms with Gasteiger partial charge in [-0.2, -0.15) is 0 Å². The van der Waals surface area contributed by atoms with E-state index in [0.717, 1.165) is 55.8 Å². The highest BCUT2D eigenvalue weighted by Gasteiger charge is 2.23. The van der Waals surface area contributed by atoms with Gasteiger partial charge >= 0.3 is 5.69 Å². The number of carbonyl (C=O) groups excluding carboxylic acids is 2. The third-order valence-corrected chi connectivity index (χ3v) is 7.17. The first-order valence-electron chi connectivity index (χ1n) is 12.0. The minimum absolute atomic E-state index is 0.0118. The Labute approximate surface area is 201 Å². The first-order chi connectivity index (χ1) is 17.0. The van der Waals surface area contributed by atoms with Gasteiger partial charge in [-0.15, -0.1) is 0 Å². The van der Waals surface area contributed by atoms with Gasteiger partial charge in [0.25, 0.3) is 0 Å². The molecule has 9 nitrogen and oxygen atoms in total. The van der Waals surface area contributed by atoms with Crippen LogP contribution in [0.5, 0.6) is 0 Å². The molecule has 1 fully saturated rings. The number of H-pyrrole nitrogens is 1. The average molecular weight is 471 g/mol. The molecule has 0 bridgehead atoms. The first kappa shape index (κ1) is 21.5. The number of fused-ring (bicyclic) bond motifs is 2. The number of ketones is 1. The summed E-state index contributed by atoms with van der Waals surface area (Å²) in [7, 11) is 0. The SMILES string of the molecule is O=C(CC1CCn2ccnc2C1)c1cccc(-c2cnc3[nH]c(=O)n(CC(=O)N4CCC4)c3c2)c1. The van der Waals surface area contributed by atoms with Crippen LogP contribution in [0.2, 0.25) is 0 Å². The van der Waals surface area contributed by atoms with E-state index in [2.05, 4.69) is 19.5 Å². The zero-order valence-corrected chi connectivity index (χ0v) is 19.3. The highest BCUT2D eigenvalue weighted by Crippen LogP contribution is 2.26. The van der Waals surface area contributed by atoms with Gasteiger partial charge in [0.2, 0.25) is 5.91 Å². The van der Waals surface area contributed by atoms with E-state index >= 15 is 0 Å². The van der Waals surface area contributed by atoms with Crippen molar-refractivity contribution in [1.82, 2.24) is 29.0 Å². The van der Waals surface area contributed by atoms with Crippen molar-refractivity contribution in [2.24, 2.45) is 5.92 Å². The van der Waals surface area contributed by atoms with E-state index in [9.17, 15) is 14.4 Å². The van der Waals surface area contributed by atoms with Crippen molar-refractivity contribution in [2.45, 2.75) is 38.8 Å². The lowest BCUT2D eigenvalue weighted by atomic mass is 9.90. The molecule has 1 atom stereocenters. The van der Waals surface area contributed by atoms with Crippen LogP contribution in [-0.4, -0.2) is 53.8 Å². The van der Waals surface area contributed by atoms with Crippen molar-refractivity contribution < 1.29 is 9.59 Å². The number of carbonyl (C=O) groups is 2. The molecule has 2 aliphatic heterocycles. The molecule has 6 rings (SSSR count). The molecule has 9 heteroatoms. The lowest BCUT2D eigenvalue weighted by Crippen LogP contribution is -2.44. The fraction of sp³-hybridized carbons (Fsp3) is 0.346. The number of aromatic amines is 1. The molecule has 1 aromatic carbocycles. The van der Waals surface area contributed by atoms with Crippen molar-refractivity contribution in [3.63, 3.8) is 0 Å². The van der Waals surface area contributed by atoms with E-state index in [1.807, 2.05) is 42.7 Å². The number of likely N-dealkylation sites (tertiary alicyclic amines) is 1. The summed E-state index contributed by atoms with van der Waals surface area (Å²) in [4.78, 5) is 51.4. The van der Waals surface area contributed by atoms with Gasteiger partial charge in [-0.05, 0) is 36.5 Å². The minimum atomic E-state index is -0.351. The number of nitrogens with one attached hydrogen (secondary N) is 1. The van der Waals surface area contributed by atoms with Crippen LogP contribution in [0.3, 0.4) is 0 Å². The third-order valence-electron chi connectivity index (χ3n) is 7.17. The summed E-state index contributed by atoms with van der Waals surface area (Å²) in [6.07, 6.45) is 8.77. The van der Waals surface area contributed by atoms with Crippen LogP contribution >= 0.6 is 0 Å².